The highest BCUT2D eigenvalue weighted by Gasteiger charge is 2.28. The van der Waals surface area contributed by atoms with E-state index in [1.54, 1.807) is 11.8 Å². The number of methoxy groups -OCH3 is 1. The van der Waals surface area contributed by atoms with E-state index in [0.29, 0.717) is 25.3 Å². The summed E-state index contributed by atoms with van der Waals surface area (Å²) < 4.78 is 7.37. The van der Waals surface area contributed by atoms with Gasteiger partial charge in [-0.2, -0.15) is 5.10 Å². The van der Waals surface area contributed by atoms with Gasteiger partial charge in [0, 0.05) is 66.3 Å². The Balaban J connectivity index is 1.25. The van der Waals surface area contributed by atoms with Crippen molar-refractivity contribution in [3.8, 4) is 5.75 Å². The van der Waals surface area contributed by atoms with Gasteiger partial charge in [0.15, 0.2) is 5.69 Å². The Morgan fingerprint density at radius 1 is 1.05 bits per heavy atom. The number of benzene rings is 3. The number of hydrogen-bond donors (Lipinski definition) is 3. The molecule has 0 saturated heterocycles. The molecule has 6 rings (SSSR count). The molecule has 3 aromatic carbocycles. The summed E-state index contributed by atoms with van der Waals surface area (Å²) in [4.78, 5) is 19.0. The SMILES string of the molecule is COc1ccc(CN2CCc3c(c(C(=O)NCc4cccc5[nH]ccc45)nn3CCO)C2)c2ccccc12. The number of nitrogens with one attached hydrogen (secondary N) is 2. The third-order valence-electron chi connectivity index (χ3n) is 7.45. The van der Waals surface area contributed by atoms with Crippen molar-refractivity contribution < 1.29 is 14.6 Å². The second-order valence-corrected chi connectivity index (χ2v) is 9.69. The third-order valence-corrected chi connectivity index (χ3v) is 7.45. The fraction of sp³-hybridized carbons (Fsp3) is 0.267. The molecule has 1 amide bonds. The predicted molar refractivity (Wildman–Crippen MR) is 147 cm³/mol. The average Bonchev–Trinajstić information content (AvgIpc) is 3.57. The molecule has 2 aromatic heterocycles. The van der Waals surface area contributed by atoms with Crippen LogP contribution in [0.3, 0.4) is 0 Å². The van der Waals surface area contributed by atoms with Crippen molar-refractivity contribution in [2.75, 3.05) is 20.3 Å². The fourth-order valence-corrected chi connectivity index (χ4v) is 5.60. The van der Waals surface area contributed by atoms with E-state index in [-0.39, 0.29) is 12.5 Å². The molecule has 8 nitrogen and oxygen atoms in total. The van der Waals surface area contributed by atoms with E-state index in [9.17, 15) is 9.90 Å². The van der Waals surface area contributed by atoms with Crippen molar-refractivity contribution in [1.29, 1.82) is 0 Å². The van der Waals surface area contributed by atoms with Gasteiger partial charge in [0.05, 0.1) is 20.3 Å². The first-order valence-electron chi connectivity index (χ1n) is 13.0. The molecule has 0 unspecified atom stereocenters. The summed E-state index contributed by atoms with van der Waals surface area (Å²) in [6, 6.07) is 20.5. The normalized spacial score (nSPS) is 13.6. The number of aliphatic hydroxyl groups is 1. The lowest BCUT2D eigenvalue weighted by atomic mass is 10.0. The van der Waals surface area contributed by atoms with Crippen LogP contribution in [-0.4, -0.2) is 50.9 Å². The summed E-state index contributed by atoms with van der Waals surface area (Å²) in [7, 11) is 1.70. The molecule has 0 bridgehead atoms. The average molecular weight is 510 g/mol. The number of ether oxygens (including phenoxy) is 1. The van der Waals surface area contributed by atoms with Gasteiger partial charge in [-0.05, 0) is 34.7 Å². The number of aromatic nitrogens is 3. The maximum absolute atomic E-state index is 13.4. The van der Waals surface area contributed by atoms with Crippen molar-refractivity contribution in [2.45, 2.75) is 32.6 Å². The van der Waals surface area contributed by atoms with Crippen LogP contribution in [0.2, 0.25) is 0 Å². The number of amides is 1. The molecule has 0 radical (unpaired) electrons. The molecule has 0 aliphatic carbocycles. The first-order valence-corrected chi connectivity index (χ1v) is 13.0. The molecule has 194 valence electrons. The van der Waals surface area contributed by atoms with Crippen LogP contribution in [0.25, 0.3) is 21.7 Å². The zero-order chi connectivity index (χ0) is 26.1. The van der Waals surface area contributed by atoms with E-state index < -0.39 is 0 Å². The Kier molecular flexibility index (Phi) is 6.57. The van der Waals surface area contributed by atoms with Gasteiger partial charge in [0.1, 0.15) is 5.75 Å². The van der Waals surface area contributed by atoms with Crippen LogP contribution >= 0.6 is 0 Å². The highest BCUT2D eigenvalue weighted by molar-refractivity contribution is 5.94. The summed E-state index contributed by atoms with van der Waals surface area (Å²) in [6.07, 6.45) is 2.68. The van der Waals surface area contributed by atoms with Gasteiger partial charge >= 0.3 is 0 Å². The number of hydrogen-bond acceptors (Lipinski definition) is 5. The third kappa shape index (κ3) is 4.42. The lowest BCUT2D eigenvalue weighted by molar-refractivity contribution is 0.0942. The Labute approximate surface area is 220 Å². The van der Waals surface area contributed by atoms with Gasteiger partial charge in [-0.15, -0.1) is 0 Å². The van der Waals surface area contributed by atoms with Crippen molar-refractivity contribution in [3.63, 3.8) is 0 Å². The summed E-state index contributed by atoms with van der Waals surface area (Å²) >= 11 is 0. The molecule has 1 aliphatic heterocycles. The van der Waals surface area contributed by atoms with Gasteiger partial charge in [0.25, 0.3) is 5.91 Å². The molecule has 5 aromatic rings. The topological polar surface area (TPSA) is 95.4 Å². The molecule has 3 heterocycles. The minimum absolute atomic E-state index is 0.0216. The first-order chi connectivity index (χ1) is 18.7. The van der Waals surface area contributed by atoms with Crippen LogP contribution in [0.1, 0.15) is 32.9 Å². The van der Waals surface area contributed by atoms with Crippen LogP contribution in [-0.2, 0) is 32.6 Å². The van der Waals surface area contributed by atoms with Gasteiger partial charge in [0.2, 0.25) is 0 Å². The molecule has 38 heavy (non-hydrogen) atoms. The summed E-state index contributed by atoms with van der Waals surface area (Å²) in [5.41, 5.74) is 5.74. The highest BCUT2D eigenvalue weighted by atomic mass is 16.5. The fourth-order valence-electron chi connectivity index (χ4n) is 5.60. The lowest BCUT2D eigenvalue weighted by Gasteiger charge is -2.28. The molecule has 8 heteroatoms. The van der Waals surface area contributed by atoms with Gasteiger partial charge in [-0.3, -0.25) is 14.4 Å². The van der Waals surface area contributed by atoms with E-state index in [2.05, 4.69) is 44.6 Å². The van der Waals surface area contributed by atoms with Crippen LogP contribution in [0.4, 0.5) is 0 Å². The first kappa shape index (κ1) is 24.2. The molecular weight excluding hydrogens is 478 g/mol. The largest absolute Gasteiger partial charge is 0.496 e. The molecule has 0 saturated carbocycles. The minimum Gasteiger partial charge on any atom is -0.496 e. The molecule has 0 fully saturated rings. The van der Waals surface area contributed by atoms with Crippen LogP contribution in [0.5, 0.6) is 5.75 Å². The van der Waals surface area contributed by atoms with E-state index in [1.807, 2.05) is 42.6 Å². The van der Waals surface area contributed by atoms with Crippen LogP contribution in [0, 0.1) is 0 Å². The second kappa shape index (κ2) is 10.3. The molecule has 1 aliphatic rings. The number of aromatic amines is 1. The number of carbonyl (C=O) groups excluding carboxylic acids is 1. The Morgan fingerprint density at radius 2 is 1.92 bits per heavy atom. The number of H-pyrrole nitrogens is 1. The van der Waals surface area contributed by atoms with Gasteiger partial charge in [-0.1, -0.05) is 42.5 Å². The maximum Gasteiger partial charge on any atom is 0.272 e. The zero-order valence-electron chi connectivity index (χ0n) is 21.4. The van der Waals surface area contributed by atoms with E-state index in [1.165, 1.54) is 10.9 Å². The summed E-state index contributed by atoms with van der Waals surface area (Å²) in [5.74, 6) is 0.673. The van der Waals surface area contributed by atoms with E-state index in [4.69, 9.17) is 4.74 Å². The Morgan fingerprint density at radius 3 is 2.76 bits per heavy atom. The van der Waals surface area contributed by atoms with Crippen molar-refractivity contribution in [3.05, 3.63) is 94.9 Å². The minimum atomic E-state index is -0.192. The maximum atomic E-state index is 13.4. The monoisotopic (exact) mass is 509 g/mol. The standard InChI is InChI=1S/C30H31N5O3/c1-38-28-10-9-21(22-6-2-3-7-24(22)28)18-34-14-12-27-25(19-34)29(33-35(27)15-16-36)30(37)32-17-20-5-4-8-26-23(20)11-13-31-26/h2-11,13,31,36H,12,14-19H2,1H3,(H,32,37). The smallest absolute Gasteiger partial charge is 0.272 e. The summed E-state index contributed by atoms with van der Waals surface area (Å²) in [6.45, 7) is 2.99. The van der Waals surface area contributed by atoms with Crippen LogP contribution in [0.15, 0.2) is 66.9 Å². The Bertz CT molecular complexity index is 1620. The molecule has 3 N–H and O–H groups in total. The number of nitrogens with zero attached hydrogens (tertiary/aromatic N) is 3. The molecular formula is C30H31N5O3. The summed E-state index contributed by atoms with van der Waals surface area (Å²) in [5, 5.41) is 20.7. The van der Waals surface area contributed by atoms with Crippen molar-refractivity contribution in [1.82, 2.24) is 25.0 Å². The van der Waals surface area contributed by atoms with Crippen LogP contribution < -0.4 is 10.1 Å². The zero-order valence-corrected chi connectivity index (χ0v) is 21.4. The molecule has 0 spiro atoms. The van der Waals surface area contributed by atoms with E-state index >= 15 is 0 Å². The number of aliphatic hydroxyl groups excluding tert-OH is 1. The number of rotatable bonds is 8. The highest BCUT2D eigenvalue weighted by Crippen LogP contribution is 2.31. The van der Waals surface area contributed by atoms with Gasteiger partial charge in [-0.25, -0.2) is 0 Å². The van der Waals surface area contributed by atoms with Crippen molar-refractivity contribution in [2.24, 2.45) is 0 Å². The number of carbonyl (C=O) groups is 1. The predicted octanol–water partition coefficient (Wildman–Crippen LogP) is 4.01. The quantitative estimate of drug-likeness (QED) is 0.294. The Hall–Kier alpha value is -4.14. The van der Waals surface area contributed by atoms with E-state index in [0.717, 1.165) is 58.4 Å². The van der Waals surface area contributed by atoms with Crippen molar-refractivity contribution >= 4 is 27.6 Å². The number of fused-ring (bicyclic) bond motifs is 3. The second-order valence-electron chi connectivity index (χ2n) is 9.69. The van der Waals surface area contributed by atoms with Gasteiger partial charge < -0.3 is 20.1 Å². The lowest BCUT2D eigenvalue weighted by Crippen LogP contribution is -2.32. The molecule has 0 atom stereocenters.